The molecule has 0 aromatic carbocycles. The summed E-state index contributed by atoms with van der Waals surface area (Å²) in [5.41, 5.74) is 0. The molecule has 0 unspecified atom stereocenters. The summed E-state index contributed by atoms with van der Waals surface area (Å²) in [5.74, 6) is 9.24. The van der Waals surface area contributed by atoms with Gasteiger partial charge >= 0.3 is 15.6 Å². The Kier molecular flexibility index (Phi) is 21.6. The molecule has 9 nitrogen and oxygen atoms in total. The van der Waals surface area contributed by atoms with Gasteiger partial charge in [0.15, 0.2) is 0 Å². The maximum absolute atomic E-state index is 12.5. The zero-order chi connectivity index (χ0) is 22.4. The molecule has 0 aliphatic heterocycles. The van der Waals surface area contributed by atoms with Crippen LogP contribution in [0.5, 0.6) is 0 Å². The predicted octanol–water partition coefficient (Wildman–Crippen LogP) is 3.90. The molecule has 0 aromatic rings. The van der Waals surface area contributed by atoms with Crippen LogP contribution in [-0.4, -0.2) is 49.9 Å². The zero-order valence-electron chi connectivity index (χ0n) is 17.7. The van der Waals surface area contributed by atoms with Crippen molar-refractivity contribution in [3.8, 4) is 23.7 Å². The van der Waals surface area contributed by atoms with Crippen LogP contribution < -0.4 is 0 Å². The first-order chi connectivity index (χ1) is 13.9. The molecule has 0 aromatic heterocycles. The molecule has 0 saturated heterocycles. The van der Waals surface area contributed by atoms with Crippen LogP contribution in [0.2, 0.25) is 0 Å². The van der Waals surface area contributed by atoms with Crippen molar-refractivity contribution in [3.05, 3.63) is 0 Å². The Morgan fingerprint density at radius 2 is 0.897 bits per heavy atom. The molecule has 0 radical (unpaired) electrons. The molecule has 0 fully saturated rings. The van der Waals surface area contributed by atoms with Crippen LogP contribution >= 0.6 is 15.6 Å². The Balaban J connectivity index is 0. The van der Waals surface area contributed by atoms with E-state index in [1.165, 1.54) is 0 Å². The minimum Gasteiger partial charge on any atom is -0.384 e. The molecule has 0 amide bonds. The lowest BCUT2D eigenvalue weighted by Crippen LogP contribution is -2.06. The summed E-state index contributed by atoms with van der Waals surface area (Å²) in [4.78, 5) is 0. The summed E-state index contributed by atoms with van der Waals surface area (Å²) >= 11 is 0. The van der Waals surface area contributed by atoms with Crippen LogP contribution in [0.1, 0.15) is 53.4 Å². The Bertz CT molecular complexity index is 526. The largest absolute Gasteiger partial charge is 0.483 e. The highest BCUT2D eigenvalue weighted by atomic mass is 31.3. The van der Waals surface area contributed by atoms with E-state index in [0.717, 1.165) is 0 Å². The van der Waals surface area contributed by atoms with E-state index in [2.05, 4.69) is 23.7 Å². The van der Waals surface area contributed by atoms with Crippen molar-refractivity contribution in [1.82, 2.24) is 0 Å². The van der Waals surface area contributed by atoms with E-state index in [1.54, 1.807) is 0 Å². The molecule has 0 rings (SSSR count). The summed E-state index contributed by atoms with van der Waals surface area (Å²) in [5, 5.41) is 16.1. The van der Waals surface area contributed by atoms with Gasteiger partial charge in [-0.2, -0.15) is 4.31 Å². The van der Waals surface area contributed by atoms with E-state index in [0.29, 0.717) is 25.7 Å². The number of hydrogen-bond donors (Lipinski definition) is 2. The Morgan fingerprint density at radius 1 is 0.621 bits per heavy atom. The fourth-order valence-corrected chi connectivity index (χ4v) is 4.78. The van der Waals surface area contributed by atoms with Gasteiger partial charge in [-0.05, 0) is 37.5 Å². The molecule has 11 heteroatoms. The highest BCUT2D eigenvalue weighted by Gasteiger charge is 2.40. The second kappa shape index (κ2) is 20.6. The molecule has 0 bridgehead atoms. The zero-order valence-corrected chi connectivity index (χ0v) is 19.5. The fourth-order valence-electron chi connectivity index (χ4n) is 1.27. The standard InChI is InChI=1S/C12H28O7P2.C6H6O2/c1-5-9-15-20(13,16-10-6-2)19-21(14,17-11-7-3)18-12-8-4;7-5-3-1-2-4-6-8/h5-12H2,1-4H3;7-8H,5-6H2. The summed E-state index contributed by atoms with van der Waals surface area (Å²) in [7, 11) is -7.93. The second-order valence-corrected chi connectivity index (χ2v) is 8.70. The first-order valence-electron chi connectivity index (χ1n) is 9.53. The minimum atomic E-state index is -3.97. The van der Waals surface area contributed by atoms with Gasteiger partial charge in [0.25, 0.3) is 0 Å². The molecule has 0 aliphatic rings. The fraction of sp³-hybridized carbons (Fsp3) is 0.778. The normalized spacial score (nSPS) is 10.8. The average molecular weight is 456 g/mol. The monoisotopic (exact) mass is 456 g/mol. The van der Waals surface area contributed by atoms with Crippen LogP contribution in [-0.2, 0) is 31.5 Å². The summed E-state index contributed by atoms with van der Waals surface area (Å²) in [6, 6.07) is 0. The maximum Gasteiger partial charge on any atom is 0.483 e. The van der Waals surface area contributed by atoms with E-state index < -0.39 is 15.6 Å². The molecule has 0 atom stereocenters. The van der Waals surface area contributed by atoms with Gasteiger partial charge in [0.05, 0.1) is 26.4 Å². The third kappa shape index (κ3) is 19.0. The van der Waals surface area contributed by atoms with Crippen molar-refractivity contribution in [2.75, 3.05) is 39.6 Å². The van der Waals surface area contributed by atoms with Gasteiger partial charge in [-0.25, -0.2) is 9.13 Å². The molecule has 170 valence electrons. The summed E-state index contributed by atoms with van der Waals surface area (Å²) < 4.78 is 50.5. The van der Waals surface area contributed by atoms with Gasteiger partial charge in [-0.15, -0.1) is 0 Å². The Labute approximate surface area is 174 Å². The lowest BCUT2D eigenvalue weighted by atomic mass is 10.5. The molecular weight excluding hydrogens is 422 g/mol. The number of hydrogen-bond acceptors (Lipinski definition) is 9. The van der Waals surface area contributed by atoms with Gasteiger partial charge in [-0.1, -0.05) is 39.5 Å². The van der Waals surface area contributed by atoms with Crippen molar-refractivity contribution >= 4 is 15.6 Å². The maximum atomic E-state index is 12.5. The summed E-state index contributed by atoms with van der Waals surface area (Å²) in [6.45, 7) is 7.72. The lowest BCUT2D eigenvalue weighted by Gasteiger charge is -2.22. The quantitative estimate of drug-likeness (QED) is 0.296. The number of rotatable bonds is 14. The molecule has 29 heavy (non-hydrogen) atoms. The molecule has 0 saturated carbocycles. The van der Waals surface area contributed by atoms with E-state index >= 15 is 0 Å². The van der Waals surface area contributed by atoms with Crippen molar-refractivity contribution in [1.29, 1.82) is 0 Å². The predicted molar refractivity (Wildman–Crippen MR) is 111 cm³/mol. The summed E-state index contributed by atoms with van der Waals surface area (Å²) in [6.07, 6.45) is 2.50. The van der Waals surface area contributed by atoms with Gasteiger partial charge < -0.3 is 10.2 Å². The SMILES string of the molecule is CCCOP(=O)(OCCC)OP(=O)(OCCC)OCCC.OCC#CC#CCO. The van der Waals surface area contributed by atoms with E-state index in [4.69, 9.17) is 32.6 Å². The Hall–Kier alpha value is -0.700. The highest BCUT2D eigenvalue weighted by Crippen LogP contribution is 2.66. The van der Waals surface area contributed by atoms with Crippen LogP contribution in [0.4, 0.5) is 0 Å². The smallest absolute Gasteiger partial charge is 0.384 e. The molecule has 0 spiro atoms. The van der Waals surface area contributed by atoms with Crippen molar-refractivity contribution in [2.45, 2.75) is 53.4 Å². The third-order valence-electron chi connectivity index (χ3n) is 2.41. The first-order valence-corrected chi connectivity index (χ1v) is 12.5. The highest BCUT2D eigenvalue weighted by molar-refractivity contribution is 7.62. The molecule has 0 heterocycles. The van der Waals surface area contributed by atoms with Gasteiger partial charge in [0.1, 0.15) is 13.2 Å². The molecule has 2 N–H and O–H groups in total. The van der Waals surface area contributed by atoms with Crippen molar-refractivity contribution in [3.63, 3.8) is 0 Å². The van der Waals surface area contributed by atoms with E-state index in [-0.39, 0.29) is 39.6 Å². The van der Waals surface area contributed by atoms with Crippen LogP contribution in [0.3, 0.4) is 0 Å². The lowest BCUT2D eigenvalue weighted by molar-refractivity contribution is 0.109. The van der Waals surface area contributed by atoms with E-state index in [1.807, 2.05) is 27.7 Å². The van der Waals surface area contributed by atoms with Crippen molar-refractivity contribution in [2.24, 2.45) is 0 Å². The number of aliphatic hydroxyl groups excluding tert-OH is 2. The minimum absolute atomic E-state index is 0.169. The molecule has 0 aliphatic carbocycles. The number of phosphoric ester groups is 2. The van der Waals surface area contributed by atoms with E-state index in [9.17, 15) is 9.13 Å². The van der Waals surface area contributed by atoms with Gasteiger partial charge in [0, 0.05) is 0 Å². The first kappa shape index (κ1) is 30.5. The number of phosphoric acid groups is 2. The second-order valence-electron chi connectivity index (χ2n) is 5.23. The Morgan fingerprint density at radius 3 is 1.10 bits per heavy atom. The van der Waals surface area contributed by atoms with Crippen LogP contribution in [0.25, 0.3) is 0 Å². The van der Waals surface area contributed by atoms with Gasteiger partial charge in [-0.3, -0.25) is 18.1 Å². The number of aliphatic hydroxyl groups is 2. The third-order valence-corrected chi connectivity index (χ3v) is 6.01. The average Bonchev–Trinajstić information content (AvgIpc) is 2.72. The van der Waals surface area contributed by atoms with Crippen LogP contribution in [0.15, 0.2) is 0 Å². The van der Waals surface area contributed by atoms with Crippen LogP contribution in [0, 0.1) is 23.7 Å². The molecular formula is C18H34O9P2. The van der Waals surface area contributed by atoms with Gasteiger partial charge in [0.2, 0.25) is 0 Å². The van der Waals surface area contributed by atoms with Crippen molar-refractivity contribution < 1.29 is 41.7 Å². The topological polar surface area (TPSA) is 121 Å².